The van der Waals surface area contributed by atoms with E-state index in [2.05, 4.69) is 0 Å². The van der Waals surface area contributed by atoms with E-state index in [1.165, 1.54) is 0 Å². The van der Waals surface area contributed by atoms with Gasteiger partial charge in [0.05, 0.1) is 14.2 Å². The average Bonchev–Trinajstić information content (AvgIpc) is 2.67. The molecule has 6 nitrogen and oxygen atoms in total. The standard InChI is InChI=1S/C20H23NO5/c1-13-17(23-3)10-15(11-18(13)24-4)20(22)21(2)12-14-5-6-16-19(9-14)26-8-7-25-16/h5-6,9-11H,7-8,12H2,1-4H3. The Kier molecular flexibility index (Phi) is 5.21. The SMILES string of the molecule is COc1cc(C(=O)N(C)Cc2ccc3c(c2)OCCO3)cc(OC)c1C. The number of nitrogens with zero attached hydrogens (tertiary/aromatic N) is 1. The molecule has 138 valence electrons. The van der Waals surface area contributed by atoms with Crippen molar-refractivity contribution in [3.05, 3.63) is 47.0 Å². The molecule has 0 saturated heterocycles. The lowest BCUT2D eigenvalue weighted by Gasteiger charge is -2.22. The number of rotatable bonds is 5. The maximum absolute atomic E-state index is 12.8. The average molecular weight is 357 g/mol. The lowest BCUT2D eigenvalue weighted by molar-refractivity contribution is 0.0784. The molecule has 0 fully saturated rings. The zero-order chi connectivity index (χ0) is 18.7. The van der Waals surface area contributed by atoms with Gasteiger partial charge in [-0.3, -0.25) is 4.79 Å². The molecule has 26 heavy (non-hydrogen) atoms. The molecule has 1 aliphatic rings. The van der Waals surface area contributed by atoms with Crippen LogP contribution in [0.2, 0.25) is 0 Å². The molecule has 0 aromatic heterocycles. The zero-order valence-corrected chi connectivity index (χ0v) is 15.5. The van der Waals surface area contributed by atoms with Crippen molar-refractivity contribution in [2.24, 2.45) is 0 Å². The fourth-order valence-electron chi connectivity index (χ4n) is 2.96. The monoisotopic (exact) mass is 357 g/mol. The van der Waals surface area contributed by atoms with Crippen LogP contribution in [0.1, 0.15) is 21.5 Å². The zero-order valence-electron chi connectivity index (χ0n) is 15.5. The third-order valence-corrected chi connectivity index (χ3v) is 4.37. The van der Waals surface area contributed by atoms with Crippen LogP contribution in [0.5, 0.6) is 23.0 Å². The van der Waals surface area contributed by atoms with E-state index in [-0.39, 0.29) is 5.91 Å². The number of benzene rings is 2. The molecule has 2 aromatic rings. The third-order valence-electron chi connectivity index (χ3n) is 4.37. The first-order chi connectivity index (χ1) is 12.5. The first kappa shape index (κ1) is 17.9. The van der Waals surface area contributed by atoms with E-state index in [4.69, 9.17) is 18.9 Å². The van der Waals surface area contributed by atoms with Crippen molar-refractivity contribution >= 4 is 5.91 Å². The van der Waals surface area contributed by atoms with Crippen LogP contribution in [0.25, 0.3) is 0 Å². The number of fused-ring (bicyclic) bond motifs is 1. The molecule has 0 unspecified atom stereocenters. The highest BCUT2D eigenvalue weighted by Gasteiger charge is 2.18. The summed E-state index contributed by atoms with van der Waals surface area (Å²) in [5.41, 5.74) is 2.35. The van der Waals surface area contributed by atoms with Crippen LogP contribution in [-0.4, -0.2) is 45.3 Å². The van der Waals surface area contributed by atoms with Gasteiger partial charge in [0.15, 0.2) is 11.5 Å². The van der Waals surface area contributed by atoms with Crippen LogP contribution < -0.4 is 18.9 Å². The van der Waals surface area contributed by atoms with Crippen LogP contribution in [0.15, 0.2) is 30.3 Å². The van der Waals surface area contributed by atoms with Gasteiger partial charge in [-0.15, -0.1) is 0 Å². The molecule has 6 heteroatoms. The summed E-state index contributed by atoms with van der Waals surface area (Å²) in [7, 11) is 4.92. The second-order valence-electron chi connectivity index (χ2n) is 6.14. The summed E-state index contributed by atoms with van der Waals surface area (Å²) in [5.74, 6) is 2.59. The molecule has 0 saturated carbocycles. The van der Waals surface area contributed by atoms with Crippen LogP contribution in [0.4, 0.5) is 0 Å². The summed E-state index contributed by atoms with van der Waals surface area (Å²) in [4.78, 5) is 14.5. The third kappa shape index (κ3) is 3.54. The van der Waals surface area contributed by atoms with Crippen molar-refractivity contribution in [3.8, 4) is 23.0 Å². The van der Waals surface area contributed by atoms with E-state index >= 15 is 0 Å². The number of ether oxygens (including phenoxy) is 4. The molecule has 0 N–H and O–H groups in total. The van der Waals surface area contributed by atoms with Crippen LogP contribution in [-0.2, 0) is 6.54 Å². The lowest BCUT2D eigenvalue weighted by Crippen LogP contribution is -2.26. The molecule has 1 aliphatic heterocycles. The highest BCUT2D eigenvalue weighted by molar-refractivity contribution is 5.95. The van der Waals surface area contributed by atoms with Crippen molar-refractivity contribution < 1.29 is 23.7 Å². The van der Waals surface area contributed by atoms with Gasteiger partial charge in [0.1, 0.15) is 24.7 Å². The van der Waals surface area contributed by atoms with Crippen LogP contribution in [0.3, 0.4) is 0 Å². The summed E-state index contributed by atoms with van der Waals surface area (Å²) in [5, 5.41) is 0. The number of hydrogen-bond donors (Lipinski definition) is 0. The van der Waals surface area contributed by atoms with Gasteiger partial charge in [-0.05, 0) is 36.8 Å². The van der Waals surface area contributed by atoms with Crippen molar-refractivity contribution in [2.75, 3.05) is 34.5 Å². The van der Waals surface area contributed by atoms with Crippen LogP contribution in [0, 0.1) is 6.92 Å². The van der Waals surface area contributed by atoms with Gasteiger partial charge < -0.3 is 23.8 Å². The van der Waals surface area contributed by atoms with Gasteiger partial charge in [0, 0.05) is 24.7 Å². The topological polar surface area (TPSA) is 57.2 Å². The summed E-state index contributed by atoms with van der Waals surface area (Å²) >= 11 is 0. The first-order valence-electron chi connectivity index (χ1n) is 8.40. The van der Waals surface area contributed by atoms with E-state index in [0.29, 0.717) is 42.6 Å². The molecule has 1 heterocycles. The maximum Gasteiger partial charge on any atom is 0.254 e. The van der Waals surface area contributed by atoms with Crippen LogP contribution >= 0.6 is 0 Å². The molecular weight excluding hydrogens is 334 g/mol. The molecule has 0 radical (unpaired) electrons. The first-order valence-corrected chi connectivity index (χ1v) is 8.40. The van der Waals surface area contributed by atoms with Crippen molar-refractivity contribution in [3.63, 3.8) is 0 Å². The molecule has 3 rings (SSSR count). The number of hydrogen-bond acceptors (Lipinski definition) is 5. The Morgan fingerprint density at radius 3 is 2.27 bits per heavy atom. The van der Waals surface area contributed by atoms with E-state index < -0.39 is 0 Å². The predicted molar refractivity (Wildman–Crippen MR) is 97.5 cm³/mol. The van der Waals surface area contributed by atoms with Gasteiger partial charge in [-0.2, -0.15) is 0 Å². The molecule has 1 amide bonds. The minimum Gasteiger partial charge on any atom is -0.496 e. The highest BCUT2D eigenvalue weighted by Crippen LogP contribution is 2.32. The number of carbonyl (C=O) groups excluding carboxylic acids is 1. The van der Waals surface area contributed by atoms with Gasteiger partial charge >= 0.3 is 0 Å². The number of methoxy groups -OCH3 is 2. The Bertz CT molecular complexity index is 793. The van der Waals surface area contributed by atoms with Gasteiger partial charge in [-0.1, -0.05) is 6.07 Å². The minimum absolute atomic E-state index is 0.114. The Labute approximate surface area is 153 Å². The smallest absolute Gasteiger partial charge is 0.254 e. The Morgan fingerprint density at radius 2 is 1.65 bits per heavy atom. The van der Waals surface area contributed by atoms with E-state index in [0.717, 1.165) is 16.9 Å². The van der Waals surface area contributed by atoms with E-state index in [1.807, 2.05) is 25.1 Å². The van der Waals surface area contributed by atoms with E-state index in [9.17, 15) is 4.79 Å². The van der Waals surface area contributed by atoms with Gasteiger partial charge in [-0.25, -0.2) is 0 Å². The molecule has 2 aromatic carbocycles. The van der Waals surface area contributed by atoms with Crippen molar-refractivity contribution in [2.45, 2.75) is 13.5 Å². The predicted octanol–water partition coefficient (Wildman–Crippen LogP) is 3.06. The quantitative estimate of drug-likeness (QED) is 0.823. The Balaban J connectivity index is 1.80. The summed E-state index contributed by atoms with van der Waals surface area (Å²) in [6.45, 7) is 3.44. The summed E-state index contributed by atoms with van der Waals surface area (Å²) < 4.78 is 21.8. The highest BCUT2D eigenvalue weighted by atomic mass is 16.6. The molecule has 0 atom stereocenters. The largest absolute Gasteiger partial charge is 0.496 e. The number of carbonyl (C=O) groups is 1. The normalized spacial score (nSPS) is 12.5. The Morgan fingerprint density at radius 1 is 1.04 bits per heavy atom. The maximum atomic E-state index is 12.8. The second-order valence-corrected chi connectivity index (χ2v) is 6.14. The molecular formula is C20H23NO5. The second kappa shape index (κ2) is 7.56. The molecule has 0 spiro atoms. The molecule has 0 aliphatic carbocycles. The summed E-state index contributed by atoms with van der Waals surface area (Å²) in [6, 6.07) is 9.20. The van der Waals surface area contributed by atoms with E-state index in [1.54, 1.807) is 38.3 Å². The fraction of sp³-hybridized carbons (Fsp3) is 0.350. The lowest BCUT2D eigenvalue weighted by atomic mass is 10.1. The minimum atomic E-state index is -0.114. The van der Waals surface area contributed by atoms with Crippen molar-refractivity contribution in [1.29, 1.82) is 0 Å². The fourth-order valence-corrected chi connectivity index (χ4v) is 2.96. The molecule has 0 bridgehead atoms. The van der Waals surface area contributed by atoms with Crippen molar-refractivity contribution in [1.82, 2.24) is 4.90 Å². The Hall–Kier alpha value is -2.89. The van der Waals surface area contributed by atoms with Gasteiger partial charge in [0.25, 0.3) is 5.91 Å². The number of amides is 1. The summed E-state index contributed by atoms with van der Waals surface area (Å²) in [6.07, 6.45) is 0. The van der Waals surface area contributed by atoms with Gasteiger partial charge in [0.2, 0.25) is 0 Å².